The summed E-state index contributed by atoms with van der Waals surface area (Å²) in [5.74, 6) is -0.973. The lowest BCUT2D eigenvalue weighted by atomic mass is 9.94. The second-order valence-electron chi connectivity index (χ2n) is 15.3. The van der Waals surface area contributed by atoms with Crippen LogP contribution in [0.5, 0.6) is 0 Å². The highest BCUT2D eigenvalue weighted by Crippen LogP contribution is 2.43. The molecule has 0 saturated carbocycles. The summed E-state index contributed by atoms with van der Waals surface area (Å²) in [5.41, 5.74) is 5.48. The van der Waals surface area contributed by atoms with Gasteiger partial charge < -0.3 is 29.8 Å². The number of H-pyrrole nitrogens is 1. The Bertz CT molecular complexity index is 2480. The van der Waals surface area contributed by atoms with E-state index in [1.54, 1.807) is 42.7 Å². The largest absolute Gasteiger partial charge is 0.465 e. The summed E-state index contributed by atoms with van der Waals surface area (Å²) >= 11 is 19.6. The molecule has 0 bridgehead atoms. The van der Waals surface area contributed by atoms with Gasteiger partial charge in [0.15, 0.2) is 0 Å². The maximum absolute atomic E-state index is 14.9. The van der Waals surface area contributed by atoms with Crippen molar-refractivity contribution in [3.63, 3.8) is 0 Å². The molecule has 0 unspecified atom stereocenters. The first kappa shape index (κ1) is 39.9. The standard InChI is InChI=1S/C44H43Cl3N6O4/c1-25(31-14-12-28(45)22-33(31)47)53-24-48-38(26-9-7-6-8-10-26)40(53)37-32-15-13-29(46)23-34(32)50-39(37)41(54)51-35-21-27(42(55)57-5)11-16-36(35)52-19-17-30(18-20-52)49-43(56)44(2,3)4/h6-16,21-25,30,50H,17-20H2,1-5H3,(H,49,56)(H,51,54)/t25-/m0/s1. The zero-order chi connectivity index (χ0) is 40.6. The lowest BCUT2D eigenvalue weighted by Gasteiger charge is -2.36. The van der Waals surface area contributed by atoms with Crippen molar-refractivity contribution < 1.29 is 19.1 Å². The second-order valence-corrected chi connectivity index (χ2v) is 16.6. The number of amides is 2. The number of carbonyl (C=O) groups excluding carboxylic acids is 3. The van der Waals surface area contributed by atoms with E-state index in [1.165, 1.54) is 7.11 Å². The summed E-state index contributed by atoms with van der Waals surface area (Å²) in [6.07, 6.45) is 3.18. The molecule has 0 spiro atoms. The van der Waals surface area contributed by atoms with Crippen LogP contribution in [-0.4, -0.2) is 58.6 Å². The van der Waals surface area contributed by atoms with E-state index in [0.717, 1.165) is 22.2 Å². The molecule has 1 atom stereocenters. The minimum absolute atomic E-state index is 0.00850. The quantitative estimate of drug-likeness (QED) is 0.125. The Morgan fingerprint density at radius 3 is 2.30 bits per heavy atom. The van der Waals surface area contributed by atoms with Crippen LogP contribution >= 0.6 is 34.8 Å². The highest BCUT2D eigenvalue weighted by molar-refractivity contribution is 6.35. The number of carbonyl (C=O) groups is 3. The molecule has 3 N–H and O–H groups in total. The number of nitrogens with zero attached hydrogens (tertiary/aromatic N) is 3. The van der Waals surface area contributed by atoms with Crippen molar-refractivity contribution in [3.05, 3.63) is 123 Å². The number of hydrogen-bond acceptors (Lipinski definition) is 6. The van der Waals surface area contributed by atoms with E-state index in [2.05, 4.69) is 20.5 Å². The molecule has 1 fully saturated rings. The van der Waals surface area contributed by atoms with Crippen molar-refractivity contribution in [1.29, 1.82) is 0 Å². The van der Waals surface area contributed by atoms with E-state index in [-0.39, 0.29) is 29.2 Å². The predicted octanol–water partition coefficient (Wildman–Crippen LogP) is 10.4. The highest BCUT2D eigenvalue weighted by Gasteiger charge is 2.31. The molecular formula is C44H43Cl3N6O4. The number of aromatic nitrogens is 3. The van der Waals surface area contributed by atoms with Crippen LogP contribution in [0.25, 0.3) is 33.4 Å². The molecule has 7 rings (SSSR count). The molecule has 0 aliphatic carbocycles. The van der Waals surface area contributed by atoms with Gasteiger partial charge in [0.05, 0.1) is 47.8 Å². The molecule has 3 heterocycles. The van der Waals surface area contributed by atoms with Gasteiger partial charge in [-0.05, 0) is 67.8 Å². The summed E-state index contributed by atoms with van der Waals surface area (Å²) in [4.78, 5) is 50.9. The number of halogens is 3. The van der Waals surface area contributed by atoms with Gasteiger partial charge >= 0.3 is 5.97 Å². The third kappa shape index (κ3) is 8.26. The average molecular weight is 826 g/mol. The molecule has 0 radical (unpaired) electrons. The van der Waals surface area contributed by atoms with Gasteiger partial charge in [0, 0.05) is 61.6 Å². The van der Waals surface area contributed by atoms with Crippen LogP contribution < -0.4 is 15.5 Å². The topological polar surface area (TPSA) is 121 Å². The molecule has 2 aromatic heterocycles. The summed E-state index contributed by atoms with van der Waals surface area (Å²) in [6.45, 7) is 8.95. The summed E-state index contributed by atoms with van der Waals surface area (Å²) in [5, 5.41) is 8.60. The number of rotatable bonds is 9. The van der Waals surface area contributed by atoms with Crippen molar-refractivity contribution in [3.8, 4) is 22.5 Å². The number of imidazole rings is 1. The van der Waals surface area contributed by atoms with Gasteiger partial charge in [0.2, 0.25) is 5.91 Å². The molecular weight excluding hydrogens is 783 g/mol. The average Bonchev–Trinajstić information content (AvgIpc) is 3.79. The number of aromatic amines is 1. The minimum atomic E-state index is -0.534. The summed E-state index contributed by atoms with van der Waals surface area (Å²) in [7, 11) is 1.32. The highest BCUT2D eigenvalue weighted by atomic mass is 35.5. The van der Waals surface area contributed by atoms with E-state index < -0.39 is 17.3 Å². The zero-order valence-electron chi connectivity index (χ0n) is 32.3. The van der Waals surface area contributed by atoms with E-state index in [1.807, 2.05) is 80.8 Å². The Labute approximate surface area is 346 Å². The summed E-state index contributed by atoms with van der Waals surface area (Å²) in [6, 6.07) is 25.5. The van der Waals surface area contributed by atoms with Gasteiger partial charge in [-0.3, -0.25) is 9.59 Å². The molecule has 57 heavy (non-hydrogen) atoms. The number of ether oxygens (including phenoxy) is 1. The molecule has 10 nitrogen and oxygen atoms in total. The Hall–Kier alpha value is -5.29. The molecule has 294 valence electrons. The fourth-order valence-corrected chi connectivity index (χ4v) is 8.03. The number of piperidine rings is 1. The molecule has 1 aliphatic heterocycles. The van der Waals surface area contributed by atoms with Crippen LogP contribution in [-0.2, 0) is 9.53 Å². The van der Waals surface area contributed by atoms with Gasteiger partial charge in [-0.1, -0.05) is 98.0 Å². The Balaban J connectivity index is 1.33. The number of benzene rings is 4. The smallest absolute Gasteiger partial charge is 0.337 e. The lowest BCUT2D eigenvalue weighted by Crippen LogP contribution is -2.47. The monoisotopic (exact) mass is 824 g/mol. The fraction of sp³-hybridized carbons (Fsp3) is 0.273. The van der Waals surface area contributed by atoms with E-state index in [0.29, 0.717) is 69.2 Å². The number of hydrogen-bond donors (Lipinski definition) is 3. The Morgan fingerprint density at radius 1 is 0.912 bits per heavy atom. The van der Waals surface area contributed by atoms with Crippen LogP contribution in [0.2, 0.25) is 15.1 Å². The van der Waals surface area contributed by atoms with Crippen molar-refractivity contribution in [2.24, 2.45) is 5.41 Å². The predicted molar refractivity (Wildman–Crippen MR) is 229 cm³/mol. The summed E-state index contributed by atoms with van der Waals surface area (Å²) < 4.78 is 7.07. The maximum Gasteiger partial charge on any atom is 0.337 e. The van der Waals surface area contributed by atoms with Crippen molar-refractivity contribution in [1.82, 2.24) is 19.9 Å². The van der Waals surface area contributed by atoms with Gasteiger partial charge in [0.1, 0.15) is 5.69 Å². The number of esters is 1. The van der Waals surface area contributed by atoms with Crippen LogP contribution in [0.15, 0.2) is 91.3 Å². The first-order valence-electron chi connectivity index (χ1n) is 18.7. The Kier molecular flexibility index (Phi) is 11.4. The molecule has 1 saturated heterocycles. The van der Waals surface area contributed by atoms with Gasteiger partial charge in [0.25, 0.3) is 5.91 Å². The van der Waals surface area contributed by atoms with Gasteiger partial charge in [-0.2, -0.15) is 0 Å². The third-order valence-electron chi connectivity index (χ3n) is 10.4. The maximum atomic E-state index is 14.9. The lowest BCUT2D eigenvalue weighted by molar-refractivity contribution is -0.129. The van der Waals surface area contributed by atoms with Crippen molar-refractivity contribution >= 4 is 74.9 Å². The number of anilines is 2. The van der Waals surface area contributed by atoms with E-state index in [9.17, 15) is 14.4 Å². The molecule has 1 aliphatic rings. The van der Waals surface area contributed by atoms with Crippen LogP contribution in [0.4, 0.5) is 11.4 Å². The number of nitrogens with one attached hydrogen (secondary N) is 3. The number of methoxy groups -OCH3 is 1. The van der Waals surface area contributed by atoms with Crippen LogP contribution in [0.1, 0.15) is 73.0 Å². The van der Waals surface area contributed by atoms with Crippen molar-refractivity contribution in [2.75, 3.05) is 30.4 Å². The SMILES string of the molecule is COC(=O)c1ccc(N2CCC(NC(=O)C(C)(C)C)CC2)c(NC(=O)c2[nH]c3cc(Cl)ccc3c2-c2c(-c3ccccc3)ncn2[C@@H](C)c2ccc(Cl)cc2Cl)c1. The fourth-order valence-electron chi connectivity index (χ4n) is 7.29. The zero-order valence-corrected chi connectivity index (χ0v) is 34.5. The van der Waals surface area contributed by atoms with E-state index in [4.69, 9.17) is 44.5 Å². The molecule has 4 aromatic carbocycles. The first-order valence-corrected chi connectivity index (χ1v) is 19.8. The second kappa shape index (κ2) is 16.3. The van der Waals surface area contributed by atoms with Crippen LogP contribution in [0, 0.1) is 5.41 Å². The molecule has 6 aromatic rings. The molecule has 13 heteroatoms. The minimum Gasteiger partial charge on any atom is -0.465 e. The number of fused-ring (bicyclic) bond motifs is 1. The molecule has 2 amide bonds. The van der Waals surface area contributed by atoms with Gasteiger partial charge in [-0.25, -0.2) is 9.78 Å². The van der Waals surface area contributed by atoms with E-state index >= 15 is 0 Å². The Morgan fingerprint density at radius 2 is 1.61 bits per heavy atom. The first-order chi connectivity index (χ1) is 27.2. The van der Waals surface area contributed by atoms with Gasteiger partial charge in [-0.15, -0.1) is 0 Å². The van der Waals surface area contributed by atoms with Crippen molar-refractivity contribution in [2.45, 2.75) is 52.6 Å². The van der Waals surface area contributed by atoms with Crippen LogP contribution in [0.3, 0.4) is 0 Å². The normalized spacial score (nSPS) is 14.1. The third-order valence-corrected chi connectivity index (χ3v) is 11.2.